The zero-order valence-corrected chi connectivity index (χ0v) is 17.0. The highest BCUT2D eigenvalue weighted by atomic mass is 16.6. The van der Waals surface area contributed by atoms with Gasteiger partial charge in [-0.15, -0.1) is 0 Å². The van der Waals surface area contributed by atoms with Gasteiger partial charge < -0.3 is 25.4 Å². The van der Waals surface area contributed by atoms with E-state index in [1.54, 1.807) is 18.2 Å². The van der Waals surface area contributed by atoms with Gasteiger partial charge in [-0.2, -0.15) is 9.97 Å². The van der Waals surface area contributed by atoms with E-state index < -0.39 is 4.92 Å². The number of nitrogens with one attached hydrogen (secondary N) is 1. The van der Waals surface area contributed by atoms with Crippen LogP contribution in [0.15, 0.2) is 18.2 Å². The molecule has 1 aliphatic heterocycles. The van der Waals surface area contributed by atoms with Crippen molar-refractivity contribution in [2.24, 2.45) is 11.8 Å². The molecule has 10 heteroatoms. The van der Waals surface area contributed by atoms with Gasteiger partial charge in [0, 0.05) is 19.2 Å². The smallest absolute Gasteiger partial charge is 0.353 e. The summed E-state index contributed by atoms with van der Waals surface area (Å²) >= 11 is 0. The third-order valence-corrected chi connectivity index (χ3v) is 4.89. The highest BCUT2D eigenvalue weighted by Crippen LogP contribution is 2.37. The summed E-state index contributed by atoms with van der Waals surface area (Å²) in [4.78, 5) is 21.8. The maximum Gasteiger partial charge on any atom is 0.353 e. The van der Waals surface area contributed by atoms with E-state index in [9.17, 15) is 10.1 Å². The van der Waals surface area contributed by atoms with Crippen molar-refractivity contribution >= 4 is 29.0 Å². The van der Waals surface area contributed by atoms with Crippen LogP contribution in [-0.4, -0.2) is 42.2 Å². The van der Waals surface area contributed by atoms with Gasteiger partial charge in [0.15, 0.2) is 0 Å². The molecule has 3 N–H and O–H groups in total. The van der Waals surface area contributed by atoms with Gasteiger partial charge in [0.05, 0.1) is 24.8 Å². The highest BCUT2D eigenvalue weighted by molar-refractivity contribution is 5.77. The van der Waals surface area contributed by atoms with E-state index in [-0.39, 0.29) is 17.3 Å². The number of nitrogen functional groups attached to an aromatic ring is 1. The van der Waals surface area contributed by atoms with Gasteiger partial charge in [-0.3, -0.25) is 10.1 Å². The van der Waals surface area contributed by atoms with Crippen molar-refractivity contribution in [3.05, 3.63) is 28.3 Å². The van der Waals surface area contributed by atoms with E-state index in [1.165, 1.54) is 14.2 Å². The lowest BCUT2D eigenvalue weighted by atomic mass is 9.92. The summed E-state index contributed by atoms with van der Waals surface area (Å²) in [6.07, 6.45) is 1.12. The van der Waals surface area contributed by atoms with Crippen LogP contribution in [-0.2, 0) is 0 Å². The molecule has 2 atom stereocenters. The average molecular weight is 402 g/mol. The molecule has 0 aliphatic carbocycles. The van der Waals surface area contributed by atoms with Gasteiger partial charge in [0.2, 0.25) is 17.6 Å². The van der Waals surface area contributed by atoms with Gasteiger partial charge in [-0.25, -0.2) is 0 Å². The molecule has 10 nitrogen and oxygen atoms in total. The van der Waals surface area contributed by atoms with Crippen LogP contribution < -0.4 is 25.4 Å². The number of methoxy groups -OCH3 is 2. The molecule has 3 rings (SSSR count). The second kappa shape index (κ2) is 8.38. The number of hydrogen-bond acceptors (Lipinski definition) is 9. The molecule has 0 bridgehead atoms. The molecule has 1 fully saturated rings. The quantitative estimate of drug-likeness (QED) is 0.552. The van der Waals surface area contributed by atoms with E-state index in [4.69, 9.17) is 15.2 Å². The number of ether oxygens (including phenoxy) is 2. The predicted molar refractivity (Wildman–Crippen MR) is 111 cm³/mol. The standard InChI is InChI=1S/C19H26N6O4/c1-11-7-12(2)10-24(9-11)19-22-17(20)16(25(26)27)18(23-19)21-14-8-13(28-3)5-6-15(14)29-4/h5-6,8,11-12H,7,9-10H2,1-4H3,(H3,20,21,22,23)/t11-,12+. The molecule has 29 heavy (non-hydrogen) atoms. The third kappa shape index (κ3) is 4.41. The monoisotopic (exact) mass is 402 g/mol. The van der Waals surface area contributed by atoms with Gasteiger partial charge in [0.25, 0.3) is 0 Å². The van der Waals surface area contributed by atoms with Crippen molar-refractivity contribution in [1.82, 2.24) is 9.97 Å². The Labute approximate surface area is 169 Å². The van der Waals surface area contributed by atoms with Crippen LogP contribution in [0.25, 0.3) is 0 Å². The summed E-state index contributed by atoms with van der Waals surface area (Å²) < 4.78 is 10.6. The van der Waals surface area contributed by atoms with Gasteiger partial charge in [-0.05, 0) is 30.4 Å². The fourth-order valence-electron chi connectivity index (χ4n) is 3.73. The zero-order chi connectivity index (χ0) is 21.1. The Morgan fingerprint density at radius 1 is 1.21 bits per heavy atom. The summed E-state index contributed by atoms with van der Waals surface area (Å²) in [5.74, 6) is 2.18. The molecule has 0 unspecified atom stereocenters. The lowest BCUT2D eigenvalue weighted by Crippen LogP contribution is -2.39. The summed E-state index contributed by atoms with van der Waals surface area (Å²) in [5, 5.41) is 14.6. The zero-order valence-electron chi connectivity index (χ0n) is 17.0. The normalized spacial score (nSPS) is 19.0. The maximum absolute atomic E-state index is 11.6. The van der Waals surface area contributed by atoms with Crippen LogP contribution in [0.4, 0.5) is 29.0 Å². The Hall–Kier alpha value is -3.30. The van der Waals surface area contributed by atoms with Crippen LogP contribution in [0.1, 0.15) is 20.3 Å². The Morgan fingerprint density at radius 2 is 1.90 bits per heavy atom. The minimum absolute atomic E-state index is 0.00920. The third-order valence-electron chi connectivity index (χ3n) is 4.89. The van der Waals surface area contributed by atoms with E-state index in [0.29, 0.717) is 35.0 Å². The maximum atomic E-state index is 11.6. The largest absolute Gasteiger partial charge is 0.497 e. The number of hydrogen-bond donors (Lipinski definition) is 2. The van der Waals surface area contributed by atoms with E-state index in [0.717, 1.165) is 19.5 Å². The molecule has 1 aromatic heterocycles. The molecule has 0 saturated carbocycles. The summed E-state index contributed by atoms with van der Waals surface area (Å²) in [6, 6.07) is 5.10. The van der Waals surface area contributed by atoms with Crippen molar-refractivity contribution in [3.63, 3.8) is 0 Å². The molecule has 156 valence electrons. The first kappa shape index (κ1) is 20.4. The summed E-state index contributed by atoms with van der Waals surface area (Å²) in [7, 11) is 3.05. The Kier molecular flexibility index (Phi) is 5.90. The molecule has 1 aromatic carbocycles. The van der Waals surface area contributed by atoms with Gasteiger partial charge >= 0.3 is 5.69 Å². The number of benzene rings is 1. The SMILES string of the molecule is COc1ccc(OC)c(Nc2nc(N3C[C@H](C)C[C@H](C)C3)nc(N)c2[N+](=O)[O-])c1. The molecule has 0 radical (unpaired) electrons. The van der Waals surface area contributed by atoms with Gasteiger partial charge in [-0.1, -0.05) is 13.8 Å². The number of rotatable bonds is 6. The minimum atomic E-state index is -0.588. The molecule has 2 aromatic rings. The van der Waals surface area contributed by atoms with Crippen LogP contribution >= 0.6 is 0 Å². The first-order valence-electron chi connectivity index (χ1n) is 9.38. The highest BCUT2D eigenvalue weighted by Gasteiger charge is 2.29. The molecule has 1 aliphatic rings. The van der Waals surface area contributed by atoms with Crippen LogP contribution in [0.2, 0.25) is 0 Å². The Morgan fingerprint density at radius 3 is 2.48 bits per heavy atom. The van der Waals surface area contributed by atoms with Crippen molar-refractivity contribution in [2.45, 2.75) is 20.3 Å². The van der Waals surface area contributed by atoms with Gasteiger partial charge in [0.1, 0.15) is 11.5 Å². The van der Waals surface area contributed by atoms with Crippen molar-refractivity contribution in [3.8, 4) is 11.5 Å². The fourth-order valence-corrected chi connectivity index (χ4v) is 3.73. The number of nitro groups is 1. The van der Waals surface area contributed by atoms with Crippen LogP contribution in [0, 0.1) is 22.0 Å². The van der Waals surface area contributed by atoms with E-state index in [1.807, 2.05) is 4.90 Å². The van der Waals surface area contributed by atoms with Crippen LogP contribution in [0.3, 0.4) is 0 Å². The Bertz CT molecular complexity index is 897. The first-order valence-corrected chi connectivity index (χ1v) is 9.38. The minimum Gasteiger partial charge on any atom is -0.497 e. The van der Waals surface area contributed by atoms with Crippen molar-refractivity contribution in [1.29, 1.82) is 0 Å². The number of piperidine rings is 1. The molecule has 1 saturated heterocycles. The molecular weight excluding hydrogens is 376 g/mol. The number of aromatic nitrogens is 2. The molecular formula is C19H26N6O4. The lowest BCUT2D eigenvalue weighted by Gasteiger charge is -2.35. The number of nitrogens with zero attached hydrogens (tertiary/aromatic N) is 4. The molecule has 2 heterocycles. The molecule has 0 spiro atoms. The van der Waals surface area contributed by atoms with Crippen LogP contribution in [0.5, 0.6) is 11.5 Å². The summed E-state index contributed by atoms with van der Waals surface area (Å²) in [5.41, 5.74) is 6.06. The van der Waals surface area contributed by atoms with E-state index in [2.05, 4.69) is 29.1 Å². The van der Waals surface area contributed by atoms with Crippen molar-refractivity contribution < 1.29 is 14.4 Å². The second-order valence-corrected chi connectivity index (χ2v) is 7.41. The first-order chi connectivity index (χ1) is 13.8. The lowest BCUT2D eigenvalue weighted by molar-refractivity contribution is -0.383. The second-order valence-electron chi connectivity index (χ2n) is 7.41. The topological polar surface area (TPSA) is 129 Å². The molecule has 0 amide bonds. The average Bonchev–Trinajstić information content (AvgIpc) is 2.66. The number of anilines is 4. The van der Waals surface area contributed by atoms with E-state index >= 15 is 0 Å². The van der Waals surface area contributed by atoms with Crippen molar-refractivity contribution in [2.75, 3.05) is 43.3 Å². The number of nitrogens with two attached hydrogens (primary N) is 1. The Balaban J connectivity index is 2.05. The fraction of sp³-hybridized carbons (Fsp3) is 0.474. The summed E-state index contributed by atoms with van der Waals surface area (Å²) in [6.45, 7) is 5.86. The predicted octanol–water partition coefficient (Wildman–Crippen LogP) is 3.21.